The Morgan fingerprint density at radius 3 is 1.96 bits per heavy atom. The molecule has 0 radical (unpaired) electrons. The third-order valence-corrected chi connectivity index (χ3v) is 4.33. The van der Waals surface area contributed by atoms with Gasteiger partial charge in [-0.25, -0.2) is 4.39 Å². The number of benzene rings is 1. The van der Waals surface area contributed by atoms with Crippen molar-refractivity contribution in [2.75, 3.05) is 0 Å². The number of unbranched alkanes of at least 4 members (excludes halogenated alkanes) is 6. The Morgan fingerprint density at radius 2 is 1.41 bits per heavy atom. The van der Waals surface area contributed by atoms with Crippen LogP contribution in [0, 0.1) is 5.82 Å². The molecule has 1 aromatic rings. The first-order valence-electron chi connectivity index (χ1n) is 10.6. The van der Waals surface area contributed by atoms with Gasteiger partial charge in [-0.1, -0.05) is 64.0 Å². The quantitative estimate of drug-likeness (QED) is 0.238. The summed E-state index contributed by atoms with van der Waals surface area (Å²) in [6.45, 7) is 9.29. The second-order valence-corrected chi connectivity index (χ2v) is 7.75. The number of hydrogen-bond donors (Lipinski definition) is 0. The predicted octanol–water partition coefficient (Wildman–Crippen LogP) is 7.16. The van der Waals surface area contributed by atoms with E-state index >= 15 is 0 Å². The summed E-state index contributed by atoms with van der Waals surface area (Å²) in [6, 6.07) is 6.65. The molecule has 0 spiro atoms. The van der Waals surface area contributed by atoms with Crippen molar-refractivity contribution in [2.24, 2.45) is 0 Å². The van der Waals surface area contributed by atoms with E-state index in [1.165, 1.54) is 44.6 Å². The highest BCUT2D eigenvalue weighted by atomic mass is 19.1. The molecule has 0 aliphatic rings. The van der Waals surface area contributed by atoms with Crippen molar-refractivity contribution in [3.8, 4) is 0 Å². The van der Waals surface area contributed by atoms with Gasteiger partial charge in [0.1, 0.15) is 5.82 Å². The van der Waals surface area contributed by atoms with E-state index in [-0.39, 0.29) is 24.1 Å². The highest BCUT2D eigenvalue weighted by molar-refractivity contribution is 5.19. The van der Waals surface area contributed by atoms with Gasteiger partial charge >= 0.3 is 0 Å². The summed E-state index contributed by atoms with van der Waals surface area (Å²) in [5.74, 6) is -0.244. The average Bonchev–Trinajstić information content (AvgIpc) is 2.58. The molecule has 0 bridgehead atoms. The summed E-state index contributed by atoms with van der Waals surface area (Å²) in [5, 5.41) is 0. The Morgan fingerprint density at radius 1 is 0.815 bits per heavy atom. The van der Waals surface area contributed by atoms with Crippen LogP contribution in [0.3, 0.4) is 0 Å². The minimum absolute atomic E-state index is 0.0134. The summed E-state index contributed by atoms with van der Waals surface area (Å²) < 4.78 is 31.4. The molecule has 0 fully saturated rings. The van der Waals surface area contributed by atoms with Gasteiger partial charge in [0.2, 0.25) is 0 Å². The summed E-state index contributed by atoms with van der Waals surface area (Å²) in [6.07, 6.45) is 9.20. The fourth-order valence-corrected chi connectivity index (χ4v) is 2.98. The first-order valence-corrected chi connectivity index (χ1v) is 10.6. The standard InChI is InChI=1S/C23H39FO3/c1-6-7-8-9-10-11-12-16-22(20-14-13-15-21(24)17-20)27-23(25-18(2)3)26-19(4)5/h13-15,17-19,22-23H,6-12,16H2,1-5H3. The second kappa shape index (κ2) is 14.1. The molecule has 0 amide bonds. The lowest BCUT2D eigenvalue weighted by atomic mass is 10.0. The lowest BCUT2D eigenvalue weighted by Crippen LogP contribution is -2.29. The molecule has 4 heteroatoms. The van der Waals surface area contributed by atoms with Crippen LogP contribution in [0.4, 0.5) is 4.39 Å². The highest BCUT2D eigenvalue weighted by Crippen LogP contribution is 2.28. The molecule has 0 N–H and O–H groups in total. The maximum absolute atomic E-state index is 13.7. The third-order valence-electron chi connectivity index (χ3n) is 4.33. The molecule has 1 atom stereocenters. The highest BCUT2D eigenvalue weighted by Gasteiger charge is 2.22. The van der Waals surface area contributed by atoms with Crippen molar-refractivity contribution in [3.63, 3.8) is 0 Å². The molecule has 0 aromatic heterocycles. The fraction of sp³-hybridized carbons (Fsp3) is 0.739. The Balaban J connectivity index is 2.66. The molecule has 0 saturated carbocycles. The van der Waals surface area contributed by atoms with Crippen molar-refractivity contribution >= 4 is 0 Å². The molecule has 0 aliphatic carbocycles. The summed E-state index contributed by atoms with van der Waals surface area (Å²) in [4.78, 5) is 0. The van der Waals surface area contributed by atoms with Gasteiger partial charge in [-0.15, -0.1) is 0 Å². The molecule has 3 nitrogen and oxygen atoms in total. The lowest BCUT2D eigenvalue weighted by molar-refractivity contribution is -0.328. The minimum Gasteiger partial charge on any atom is -0.327 e. The monoisotopic (exact) mass is 382 g/mol. The van der Waals surface area contributed by atoms with Crippen molar-refractivity contribution in [2.45, 2.75) is 111 Å². The van der Waals surface area contributed by atoms with Crippen molar-refractivity contribution in [1.82, 2.24) is 0 Å². The van der Waals surface area contributed by atoms with Crippen LogP contribution < -0.4 is 0 Å². The smallest absolute Gasteiger partial charge is 0.272 e. The van der Waals surface area contributed by atoms with Crippen LogP contribution in [0.15, 0.2) is 24.3 Å². The number of halogens is 1. The van der Waals surface area contributed by atoms with Gasteiger partial charge in [0.05, 0.1) is 18.3 Å². The molecular formula is C23H39FO3. The van der Waals surface area contributed by atoms with Gasteiger partial charge in [-0.2, -0.15) is 0 Å². The number of hydrogen-bond acceptors (Lipinski definition) is 3. The molecular weight excluding hydrogens is 343 g/mol. The number of ether oxygens (including phenoxy) is 3. The maximum Gasteiger partial charge on any atom is 0.272 e. The third kappa shape index (κ3) is 11.5. The van der Waals surface area contributed by atoms with Crippen molar-refractivity contribution in [3.05, 3.63) is 35.6 Å². The average molecular weight is 383 g/mol. The van der Waals surface area contributed by atoms with Gasteiger partial charge in [-0.3, -0.25) is 0 Å². The minimum atomic E-state index is -0.747. The Labute approximate surface area is 165 Å². The zero-order valence-electron chi connectivity index (χ0n) is 17.9. The van der Waals surface area contributed by atoms with E-state index in [0.29, 0.717) is 0 Å². The van der Waals surface area contributed by atoms with Gasteiger partial charge < -0.3 is 14.2 Å². The molecule has 0 aliphatic heterocycles. The zero-order chi connectivity index (χ0) is 20.1. The first kappa shape index (κ1) is 24.1. The Kier molecular flexibility index (Phi) is 12.6. The zero-order valence-corrected chi connectivity index (χ0v) is 17.9. The summed E-state index contributed by atoms with van der Waals surface area (Å²) in [5.41, 5.74) is 0.839. The predicted molar refractivity (Wildman–Crippen MR) is 109 cm³/mol. The van der Waals surface area contributed by atoms with E-state index in [4.69, 9.17) is 14.2 Å². The van der Waals surface area contributed by atoms with Crippen LogP contribution in [0.2, 0.25) is 0 Å². The largest absolute Gasteiger partial charge is 0.327 e. The fourth-order valence-electron chi connectivity index (χ4n) is 2.98. The lowest BCUT2D eigenvalue weighted by Gasteiger charge is -2.28. The maximum atomic E-state index is 13.7. The van der Waals surface area contributed by atoms with Gasteiger partial charge in [0.25, 0.3) is 6.48 Å². The number of rotatable bonds is 15. The van der Waals surface area contributed by atoms with E-state index in [9.17, 15) is 4.39 Å². The first-order chi connectivity index (χ1) is 12.9. The van der Waals surface area contributed by atoms with E-state index < -0.39 is 6.48 Å². The topological polar surface area (TPSA) is 27.7 Å². The normalized spacial score (nSPS) is 13.1. The van der Waals surface area contributed by atoms with Gasteiger partial charge in [0.15, 0.2) is 0 Å². The van der Waals surface area contributed by atoms with Crippen LogP contribution in [-0.2, 0) is 14.2 Å². The summed E-state index contributed by atoms with van der Waals surface area (Å²) >= 11 is 0. The van der Waals surface area contributed by atoms with Crippen LogP contribution in [0.1, 0.15) is 97.7 Å². The van der Waals surface area contributed by atoms with E-state index in [1.807, 2.05) is 33.8 Å². The molecule has 0 saturated heterocycles. The molecule has 27 heavy (non-hydrogen) atoms. The molecule has 156 valence electrons. The van der Waals surface area contributed by atoms with Crippen molar-refractivity contribution in [1.29, 1.82) is 0 Å². The van der Waals surface area contributed by atoms with Crippen LogP contribution in [-0.4, -0.2) is 18.7 Å². The second-order valence-electron chi connectivity index (χ2n) is 7.75. The SMILES string of the molecule is CCCCCCCCCC(OC(OC(C)C)OC(C)C)c1cccc(F)c1. The van der Waals surface area contributed by atoms with Crippen molar-refractivity contribution < 1.29 is 18.6 Å². The molecule has 0 heterocycles. The molecule has 1 unspecified atom stereocenters. The summed E-state index contributed by atoms with van der Waals surface area (Å²) in [7, 11) is 0. The van der Waals surface area contributed by atoms with Gasteiger partial charge in [-0.05, 0) is 51.8 Å². The molecule has 1 rings (SSSR count). The van der Waals surface area contributed by atoms with Crippen LogP contribution >= 0.6 is 0 Å². The van der Waals surface area contributed by atoms with E-state index in [2.05, 4.69) is 6.92 Å². The van der Waals surface area contributed by atoms with Gasteiger partial charge in [0, 0.05) is 0 Å². The van der Waals surface area contributed by atoms with Crippen LogP contribution in [0.25, 0.3) is 0 Å². The van der Waals surface area contributed by atoms with Crippen LogP contribution in [0.5, 0.6) is 0 Å². The molecule has 1 aromatic carbocycles. The van der Waals surface area contributed by atoms with E-state index in [1.54, 1.807) is 12.1 Å². The Bertz CT molecular complexity index is 480. The van der Waals surface area contributed by atoms with E-state index in [0.717, 1.165) is 18.4 Å². The Hall–Kier alpha value is -0.970.